The molecule has 1 atom stereocenters. The Hall–Kier alpha value is -2.36. The lowest BCUT2D eigenvalue weighted by atomic mass is 10.0. The number of rotatable bonds is 5. The molecule has 0 saturated heterocycles. The fourth-order valence-electron chi connectivity index (χ4n) is 1.90. The number of carboxylic acid groups (broad SMARTS) is 1. The molecular formula is C14H13NO3. The highest BCUT2D eigenvalue weighted by atomic mass is 16.4. The largest absolute Gasteiger partial charge is 0.480 e. The maximum absolute atomic E-state index is 10.9. The van der Waals surface area contributed by atoms with E-state index in [9.17, 15) is 9.59 Å². The minimum Gasteiger partial charge on any atom is -0.480 e. The molecule has 0 aromatic heterocycles. The van der Waals surface area contributed by atoms with E-state index in [-0.39, 0.29) is 6.42 Å². The summed E-state index contributed by atoms with van der Waals surface area (Å²) in [4.78, 5) is 21.3. The molecule has 0 radical (unpaired) electrons. The topological polar surface area (TPSA) is 66.4 Å². The molecular weight excluding hydrogens is 230 g/mol. The first-order valence-electron chi connectivity index (χ1n) is 5.61. The van der Waals surface area contributed by atoms with Gasteiger partial charge in [-0.1, -0.05) is 42.5 Å². The van der Waals surface area contributed by atoms with Crippen LogP contribution in [0.3, 0.4) is 0 Å². The van der Waals surface area contributed by atoms with E-state index in [0.29, 0.717) is 6.41 Å². The molecule has 2 aromatic carbocycles. The van der Waals surface area contributed by atoms with Gasteiger partial charge in [-0.2, -0.15) is 0 Å². The van der Waals surface area contributed by atoms with Crippen LogP contribution in [0.5, 0.6) is 0 Å². The summed E-state index contributed by atoms with van der Waals surface area (Å²) in [7, 11) is 0. The Kier molecular flexibility index (Phi) is 3.57. The Balaban J connectivity index is 2.25. The third kappa shape index (κ3) is 2.66. The standard InChI is InChI=1S/C14H13NO3/c16-9-15-13(14(17)18)8-10-5-6-11-3-1-2-4-12(11)7-10/h1-7,9,13H,8H2,(H,15,16)(H,17,18)/t13-/m1/s1. The molecule has 0 aliphatic heterocycles. The van der Waals surface area contributed by atoms with Crippen LogP contribution in [-0.4, -0.2) is 23.5 Å². The van der Waals surface area contributed by atoms with E-state index < -0.39 is 12.0 Å². The fraction of sp³-hybridized carbons (Fsp3) is 0.143. The number of nitrogens with one attached hydrogen (secondary N) is 1. The van der Waals surface area contributed by atoms with Crippen LogP contribution in [-0.2, 0) is 16.0 Å². The first-order chi connectivity index (χ1) is 8.70. The maximum Gasteiger partial charge on any atom is 0.326 e. The second-order valence-electron chi connectivity index (χ2n) is 4.06. The normalized spacial score (nSPS) is 12.0. The molecule has 2 rings (SSSR count). The monoisotopic (exact) mass is 243 g/mol. The number of hydrogen-bond acceptors (Lipinski definition) is 2. The zero-order valence-electron chi connectivity index (χ0n) is 9.67. The first-order valence-corrected chi connectivity index (χ1v) is 5.61. The molecule has 0 bridgehead atoms. The number of amides is 1. The summed E-state index contributed by atoms with van der Waals surface area (Å²) in [5, 5.41) is 13.4. The van der Waals surface area contributed by atoms with Crippen molar-refractivity contribution in [2.24, 2.45) is 0 Å². The average molecular weight is 243 g/mol. The van der Waals surface area contributed by atoms with Crippen molar-refractivity contribution in [3.8, 4) is 0 Å². The number of aliphatic carboxylic acids is 1. The van der Waals surface area contributed by atoms with Crippen molar-refractivity contribution in [1.82, 2.24) is 5.32 Å². The highest BCUT2D eigenvalue weighted by Gasteiger charge is 2.16. The SMILES string of the molecule is O=CN[C@H](Cc1ccc2ccccc2c1)C(=O)O. The van der Waals surface area contributed by atoms with Gasteiger partial charge in [-0.15, -0.1) is 0 Å². The van der Waals surface area contributed by atoms with Gasteiger partial charge in [0.2, 0.25) is 6.41 Å². The number of benzene rings is 2. The van der Waals surface area contributed by atoms with E-state index in [0.717, 1.165) is 16.3 Å². The number of hydrogen-bond donors (Lipinski definition) is 2. The number of carbonyl (C=O) groups excluding carboxylic acids is 1. The van der Waals surface area contributed by atoms with Crippen molar-refractivity contribution in [3.63, 3.8) is 0 Å². The highest BCUT2D eigenvalue weighted by Crippen LogP contribution is 2.16. The van der Waals surface area contributed by atoms with Gasteiger partial charge >= 0.3 is 5.97 Å². The predicted molar refractivity (Wildman–Crippen MR) is 68.3 cm³/mol. The maximum atomic E-state index is 10.9. The van der Waals surface area contributed by atoms with E-state index in [2.05, 4.69) is 5.32 Å². The molecule has 2 N–H and O–H groups in total. The summed E-state index contributed by atoms with van der Waals surface area (Å²) < 4.78 is 0. The molecule has 4 heteroatoms. The summed E-state index contributed by atoms with van der Waals surface area (Å²) in [6.07, 6.45) is 0.693. The minimum absolute atomic E-state index is 0.277. The van der Waals surface area contributed by atoms with E-state index in [4.69, 9.17) is 5.11 Å². The summed E-state index contributed by atoms with van der Waals surface area (Å²) in [6, 6.07) is 12.7. The van der Waals surface area contributed by atoms with Gasteiger partial charge in [0.15, 0.2) is 0 Å². The highest BCUT2D eigenvalue weighted by molar-refractivity contribution is 5.83. The zero-order valence-corrected chi connectivity index (χ0v) is 9.67. The van der Waals surface area contributed by atoms with E-state index in [1.54, 1.807) is 0 Å². The molecule has 2 aromatic rings. The Morgan fingerprint density at radius 3 is 2.61 bits per heavy atom. The molecule has 0 unspecified atom stereocenters. The van der Waals surface area contributed by atoms with Gasteiger partial charge in [-0.05, 0) is 16.3 Å². The predicted octanol–water partition coefficient (Wildman–Crippen LogP) is 1.58. The number of carboxylic acids is 1. The van der Waals surface area contributed by atoms with E-state index in [1.807, 2.05) is 42.5 Å². The zero-order chi connectivity index (χ0) is 13.0. The molecule has 0 fully saturated rings. The Bertz CT molecular complexity index is 580. The van der Waals surface area contributed by atoms with Crippen LogP contribution in [0.1, 0.15) is 5.56 Å². The minimum atomic E-state index is -1.03. The molecule has 0 aliphatic carbocycles. The van der Waals surface area contributed by atoms with Gasteiger partial charge in [-0.25, -0.2) is 4.79 Å². The Morgan fingerprint density at radius 2 is 1.94 bits per heavy atom. The quantitative estimate of drug-likeness (QED) is 0.783. The van der Waals surface area contributed by atoms with Crippen molar-refractivity contribution >= 4 is 23.2 Å². The second kappa shape index (κ2) is 5.31. The van der Waals surface area contributed by atoms with Crippen LogP contribution in [0.25, 0.3) is 10.8 Å². The molecule has 1 amide bonds. The lowest BCUT2D eigenvalue weighted by Crippen LogP contribution is -2.37. The van der Waals surface area contributed by atoms with Gasteiger partial charge < -0.3 is 10.4 Å². The van der Waals surface area contributed by atoms with Crippen LogP contribution < -0.4 is 5.32 Å². The van der Waals surface area contributed by atoms with E-state index >= 15 is 0 Å². The molecule has 0 spiro atoms. The van der Waals surface area contributed by atoms with Crippen molar-refractivity contribution in [2.45, 2.75) is 12.5 Å². The second-order valence-corrected chi connectivity index (χ2v) is 4.06. The molecule has 18 heavy (non-hydrogen) atoms. The van der Waals surface area contributed by atoms with Gasteiger partial charge in [0.1, 0.15) is 6.04 Å². The summed E-state index contributed by atoms with van der Waals surface area (Å²) >= 11 is 0. The smallest absolute Gasteiger partial charge is 0.326 e. The van der Waals surface area contributed by atoms with Crippen molar-refractivity contribution in [3.05, 3.63) is 48.0 Å². The average Bonchev–Trinajstić information content (AvgIpc) is 2.38. The molecule has 0 aliphatic rings. The van der Waals surface area contributed by atoms with Gasteiger partial charge in [0.25, 0.3) is 0 Å². The van der Waals surface area contributed by atoms with Crippen LogP contribution in [0, 0.1) is 0 Å². The van der Waals surface area contributed by atoms with Gasteiger partial charge in [0.05, 0.1) is 0 Å². The van der Waals surface area contributed by atoms with Crippen molar-refractivity contribution in [2.75, 3.05) is 0 Å². The third-order valence-corrected chi connectivity index (χ3v) is 2.82. The number of carbonyl (C=O) groups is 2. The number of fused-ring (bicyclic) bond motifs is 1. The Labute approximate surface area is 104 Å². The van der Waals surface area contributed by atoms with Gasteiger partial charge in [0, 0.05) is 6.42 Å². The fourth-order valence-corrected chi connectivity index (χ4v) is 1.90. The molecule has 4 nitrogen and oxygen atoms in total. The van der Waals surface area contributed by atoms with Crippen molar-refractivity contribution in [1.29, 1.82) is 0 Å². The Morgan fingerprint density at radius 1 is 1.22 bits per heavy atom. The third-order valence-electron chi connectivity index (χ3n) is 2.82. The molecule has 0 saturated carbocycles. The van der Waals surface area contributed by atoms with E-state index in [1.165, 1.54) is 0 Å². The lowest BCUT2D eigenvalue weighted by molar-refractivity contribution is -0.140. The molecule has 92 valence electrons. The van der Waals surface area contributed by atoms with Gasteiger partial charge in [-0.3, -0.25) is 4.79 Å². The first kappa shape index (κ1) is 12.1. The summed E-state index contributed by atoms with van der Waals surface area (Å²) in [5.41, 5.74) is 0.885. The molecule has 0 heterocycles. The summed E-state index contributed by atoms with van der Waals surface area (Å²) in [5.74, 6) is -1.03. The lowest BCUT2D eigenvalue weighted by Gasteiger charge is -2.11. The van der Waals surface area contributed by atoms with Crippen LogP contribution in [0.2, 0.25) is 0 Å². The van der Waals surface area contributed by atoms with Crippen molar-refractivity contribution < 1.29 is 14.7 Å². The van der Waals surface area contributed by atoms with Crippen LogP contribution in [0.4, 0.5) is 0 Å². The van der Waals surface area contributed by atoms with Crippen LogP contribution >= 0.6 is 0 Å². The van der Waals surface area contributed by atoms with Crippen LogP contribution in [0.15, 0.2) is 42.5 Å². The summed E-state index contributed by atoms with van der Waals surface area (Å²) in [6.45, 7) is 0.